The van der Waals surface area contributed by atoms with Gasteiger partial charge in [-0.25, -0.2) is 0 Å². The zero-order valence-electron chi connectivity index (χ0n) is 11.3. The Morgan fingerprint density at radius 2 is 1.91 bits per heavy atom. The fraction of sp³-hybridized carbons (Fsp3) is 0.0625. The van der Waals surface area contributed by atoms with E-state index in [1.54, 1.807) is 36.5 Å². The topological polar surface area (TPSA) is 55.5 Å². The molecule has 0 spiro atoms. The number of nitro groups is 1. The minimum absolute atomic E-state index is 0.0425. The Balaban J connectivity index is 1.96. The zero-order chi connectivity index (χ0) is 15.9. The monoisotopic (exact) mass is 332 g/mol. The number of aliphatic imine (C=N–C) groups is 1. The summed E-state index contributed by atoms with van der Waals surface area (Å²) in [6.07, 6.45) is 1.63. The molecule has 2 aromatic carbocycles. The van der Waals surface area contributed by atoms with Gasteiger partial charge in [0, 0.05) is 34.5 Å². The molecule has 4 nitrogen and oxygen atoms in total. The van der Waals surface area contributed by atoms with Crippen LogP contribution in [0.3, 0.4) is 0 Å². The van der Waals surface area contributed by atoms with Crippen molar-refractivity contribution in [1.82, 2.24) is 0 Å². The third kappa shape index (κ3) is 4.59. The molecule has 0 aliphatic heterocycles. The number of nitrogens with zero attached hydrogens (tertiary/aromatic N) is 2. The Labute approximate surface area is 137 Å². The van der Waals surface area contributed by atoms with E-state index in [-0.39, 0.29) is 5.69 Å². The van der Waals surface area contributed by atoms with Crippen molar-refractivity contribution < 1.29 is 4.92 Å². The SMILES string of the molecule is O=[N+]([O-])c1ccc(C#CCN=Cc2ccc(Cl)cc2Cl)cc1. The smallest absolute Gasteiger partial charge is 0.269 e. The summed E-state index contributed by atoms with van der Waals surface area (Å²) in [5, 5.41) is 11.6. The van der Waals surface area contributed by atoms with E-state index in [1.165, 1.54) is 12.1 Å². The van der Waals surface area contributed by atoms with E-state index >= 15 is 0 Å². The van der Waals surface area contributed by atoms with Gasteiger partial charge in [-0.2, -0.15) is 0 Å². The van der Waals surface area contributed by atoms with Gasteiger partial charge in [0.1, 0.15) is 6.54 Å². The molecule has 0 heterocycles. The van der Waals surface area contributed by atoms with Crippen LogP contribution in [0.1, 0.15) is 11.1 Å². The van der Waals surface area contributed by atoms with Crippen LogP contribution in [0.4, 0.5) is 5.69 Å². The maximum absolute atomic E-state index is 10.5. The highest BCUT2D eigenvalue weighted by Gasteiger charge is 2.02. The molecule has 0 radical (unpaired) electrons. The molecular weight excluding hydrogens is 323 g/mol. The normalized spacial score (nSPS) is 10.3. The molecular formula is C16H10Cl2N2O2. The fourth-order valence-corrected chi connectivity index (χ4v) is 2.06. The molecule has 0 unspecified atom stereocenters. The molecule has 0 atom stereocenters. The Hall–Kier alpha value is -2.35. The summed E-state index contributed by atoms with van der Waals surface area (Å²) < 4.78 is 0. The minimum Gasteiger partial charge on any atom is -0.280 e. The van der Waals surface area contributed by atoms with Gasteiger partial charge in [0.15, 0.2) is 0 Å². The molecule has 0 amide bonds. The molecule has 6 heteroatoms. The van der Waals surface area contributed by atoms with Gasteiger partial charge in [-0.3, -0.25) is 15.1 Å². The van der Waals surface area contributed by atoms with Gasteiger partial charge in [-0.15, -0.1) is 0 Å². The van der Waals surface area contributed by atoms with Crippen molar-refractivity contribution in [2.24, 2.45) is 4.99 Å². The largest absolute Gasteiger partial charge is 0.280 e. The van der Waals surface area contributed by atoms with Crippen LogP contribution in [0, 0.1) is 22.0 Å². The van der Waals surface area contributed by atoms with Crippen LogP contribution in [0.2, 0.25) is 10.0 Å². The first-order chi connectivity index (χ1) is 10.6. The number of rotatable bonds is 3. The second-order valence-corrected chi connectivity index (χ2v) is 5.09. The van der Waals surface area contributed by atoms with Crippen LogP contribution in [-0.2, 0) is 0 Å². The lowest BCUT2D eigenvalue weighted by atomic mass is 10.2. The Bertz CT molecular complexity index is 775. The first-order valence-electron chi connectivity index (χ1n) is 6.24. The molecule has 110 valence electrons. The van der Waals surface area contributed by atoms with E-state index in [1.807, 2.05) is 0 Å². The third-order valence-corrected chi connectivity index (χ3v) is 3.24. The standard InChI is InChI=1S/C16H10Cl2N2O2/c17-14-6-5-13(16(18)10-14)11-19-9-1-2-12-3-7-15(8-4-12)20(21)22/h3-8,10-11H,9H2. The van der Waals surface area contributed by atoms with Gasteiger partial charge in [0.05, 0.1) is 9.95 Å². The Morgan fingerprint density at radius 1 is 1.18 bits per heavy atom. The van der Waals surface area contributed by atoms with Crippen molar-refractivity contribution in [3.63, 3.8) is 0 Å². The van der Waals surface area contributed by atoms with Crippen LogP contribution < -0.4 is 0 Å². The van der Waals surface area contributed by atoms with Crippen LogP contribution >= 0.6 is 23.2 Å². The average Bonchev–Trinajstić information content (AvgIpc) is 2.49. The van der Waals surface area contributed by atoms with Crippen molar-refractivity contribution in [2.45, 2.75) is 0 Å². The highest BCUT2D eigenvalue weighted by molar-refractivity contribution is 6.36. The molecule has 2 rings (SSSR count). The number of hydrogen-bond donors (Lipinski definition) is 0. The van der Waals surface area contributed by atoms with Crippen molar-refractivity contribution in [1.29, 1.82) is 0 Å². The van der Waals surface area contributed by atoms with Crippen LogP contribution in [0.25, 0.3) is 0 Å². The van der Waals surface area contributed by atoms with Crippen molar-refractivity contribution in [3.05, 3.63) is 73.8 Å². The molecule has 0 saturated heterocycles. The van der Waals surface area contributed by atoms with Gasteiger partial charge in [-0.1, -0.05) is 41.1 Å². The van der Waals surface area contributed by atoms with Crippen molar-refractivity contribution in [3.8, 4) is 11.8 Å². The first-order valence-corrected chi connectivity index (χ1v) is 7.00. The number of nitro benzene ring substituents is 1. The summed E-state index contributed by atoms with van der Waals surface area (Å²) in [6, 6.07) is 11.2. The summed E-state index contributed by atoms with van der Waals surface area (Å²) in [5.41, 5.74) is 1.51. The lowest BCUT2D eigenvalue weighted by molar-refractivity contribution is -0.384. The highest BCUT2D eigenvalue weighted by Crippen LogP contribution is 2.19. The number of hydrogen-bond acceptors (Lipinski definition) is 3. The van der Waals surface area contributed by atoms with Crippen LogP contribution in [0.15, 0.2) is 47.5 Å². The van der Waals surface area contributed by atoms with Crippen LogP contribution in [-0.4, -0.2) is 17.7 Å². The van der Waals surface area contributed by atoms with Crippen molar-refractivity contribution in [2.75, 3.05) is 6.54 Å². The number of benzene rings is 2. The van der Waals surface area contributed by atoms with Crippen molar-refractivity contribution >= 4 is 35.1 Å². The predicted octanol–water partition coefficient (Wildman–Crippen LogP) is 4.37. The number of non-ortho nitro benzene ring substituents is 1. The van der Waals surface area contributed by atoms with Gasteiger partial charge in [0.2, 0.25) is 0 Å². The van der Waals surface area contributed by atoms with E-state index in [4.69, 9.17) is 23.2 Å². The van der Waals surface area contributed by atoms with E-state index in [0.717, 1.165) is 5.56 Å². The number of halogens is 2. The fourth-order valence-electron chi connectivity index (χ4n) is 1.60. The quantitative estimate of drug-likeness (QED) is 0.362. The molecule has 0 aromatic heterocycles. The van der Waals surface area contributed by atoms with E-state index in [0.29, 0.717) is 22.2 Å². The molecule has 0 saturated carbocycles. The average molecular weight is 333 g/mol. The first kappa shape index (κ1) is 16.0. The highest BCUT2D eigenvalue weighted by atomic mass is 35.5. The maximum Gasteiger partial charge on any atom is 0.269 e. The Kier molecular flexibility index (Phi) is 5.54. The molecule has 0 N–H and O–H groups in total. The molecule has 0 bridgehead atoms. The summed E-state index contributed by atoms with van der Waals surface area (Å²) in [4.78, 5) is 14.2. The second-order valence-electron chi connectivity index (χ2n) is 4.24. The molecule has 0 aliphatic carbocycles. The van der Waals surface area contributed by atoms with Gasteiger partial charge in [0.25, 0.3) is 5.69 Å². The minimum atomic E-state index is -0.447. The lowest BCUT2D eigenvalue weighted by Gasteiger charge is -1.97. The summed E-state index contributed by atoms with van der Waals surface area (Å²) in [6.45, 7) is 0.302. The molecule has 22 heavy (non-hydrogen) atoms. The summed E-state index contributed by atoms with van der Waals surface area (Å²) in [5.74, 6) is 5.74. The summed E-state index contributed by atoms with van der Waals surface area (Å²) in [7, 11) is 0. The molecule has 0 fully saturated rings. The van der Waals surface area contributed by atoms with E-state index in [9.17, 15) is 10.1 Å². The second kappa shape index (κ2) is 7.60. The maximum atomic E-state index is 10.5. The van der Waals surface area contributed by atoms with Gasteiger partial charge < -0.3 is 0 Å². The van der Waals surface area contributed by atoms with Gasteiger partial charge >= 0.3 is 0 Å². The lowest BCUT2D eigenvalue weighted by Crippen LogP contribution is -1.87. The molecule has 2 aromatic rings. The van der Waals surface area contributed by atoms with E-state index in [2.05, 4.69) is 16.8 Å². The molecule has 0 aliphatic rings. The van der Waals surface area contributed by atoms with Crippen LogP contribution in [0.5, 0.6) is 0 Å². The predicted molar refractivity (Wildman–Crippen MR) is 88.9 cm³/mol. The van der Waals surface area contributed by atoms with E-state index < -0.39 is 4.92 Å². The third-order valence-electron chi connectivity index (χ3n) is 2.67. The Morgan fingerprint density at radius 3 is 2.55 bits per heavy atom. The van der Waals surface area contributed by atoms with Gasteiger partial charge in [-0.05, 0) is 24.3 Å². The zero-order valence-corrected chi connectivity index (χ0v) is 12.8. The summed E-state index contributed by atoms with van der Waals surface area (Å²) >= 11 is 11.8.